The van der Waals surface area contributed by atoms with Crippen LogP contribution in [-0.2, 0) is 6.42 Å². The van der Waals surface area contributed by atoms with Crippen LogP contribution in [0.15, 0.2) is 5.38 Å². The van der Waals surface area contributed by atoms with Crippen molar-refractivity contribution in [2.45, 2.75) is 72.3 Å². The van der Waals surface area contributed by atoms with Crippen molar-refractivity contribution in [3.8, 4) is 0 Å². The van der Waals surface area contributed by atoms with E-state index in [1.807, 2.05) is 11.3 Å². The van der Waals surface area contributed by atoms with Crippen LogP contribution in [0.25, 0.3) is 0 Å². The summed E-state index contributed by atoms with van der Waals surface area (Å²) in [7, 11) is 0. The molecule has 1 aromatic heterocycles. The third-order valence-electron chi connectivity index (χ3n) is 4.79. The van der Waals surface area contributed by atoms with Gasteiger partial charge in [-0.2, -0.15) is 0 Å². The molecule has 1 aliphatic rings. The fraction of sp³-hybridized carbons (Fsp3) is 0.824. The second kappa shape index (κ2) is 7.04. The van der Waals surface area contributed by atoms with Gasteiger partial charge < -0.3 is 5.32 Å². The summed E-state index contributed by atoms with van der Waals surface area (Å²) in [5.41, 5.74) is 1.64. The zero-order valence-electron chi connectivity index (χ0n) is 13.5. The number of hydrogen-bond acceptors (Lipinski definition) is 3. The number of rotatable bonds is 6. The Labute approximate surface area is 128 Å². The molecule has 1 heterocycles. The first kappa shape index (κ1) is 16.0. The third-order valence-corrected chi connectivity index (χ3v) is 5.78. The largest absolute Gasteiger partial charge is 0.313 e. The average molecular weight is 295 g/mol. The van der Waals surface area contributed by atoms with E-state index in [0.29, 0.717) is 11.5 Å². The van der Waals surface area contributed by atoms with Gasteiger partial charge in [0, 0.05) is 23.5 Å². The lowest BCUT2D eigenvalue weighted by molar-refractivity contribution is 0.0981. The van der Waals surface area contributed by atoms with Crippen molar-refractivity contribution < 1.29 is 0 Å². The Morgan fingerprint density at radius 3 is 2.85 bits per heavy atom. The van der Waals surface area contributed by atoms with Gasteiger partial charge in [-0.3, -0.25) is 0 Å². The summed E-state index contributed by atoms with van der Waals surface area (Å²) in [5, 5.41) is 7.30. The Balaban J connectivity index is 2.09. The standard InChI is InChI=1S/C17H30N2S/c1-5-10-18-15(11-16-19-13(2)12-20-16)14-8-6-7-9-17(14,3)4/h12,14-15,18H,5-11H2,1-4H3. The second-order valence-corrected chi connectivity index (χ2v) is 7.93. The highest BCUT2D eigenvalue weighted by Crippen LogP contribution is 2.43. The number of nitrogens with zero attached hydrogens (tertiary/aromatic N) is 1. The Kier molecular flexibility index (Phi) is 5.62. The molecule has 0 spiro atoms. The molecule has 20 heavy (non-hydrogen) atoms. The number of aryl methyl sites for hydroxylation is 1. The van der Waals surface area contributed by atoms with E-state index < -0.39 is 0 Å². The Morgan fingerprint density at radius 1 is 1.45 bits per heavy atom. The van der Waals surface area contributed by atoms with E-state index in [1.54, 1.807) is 0 Å². The molecule has 1 N–H and O–H groups in total. The van der Waals surface area contributed by atoms with Crippen LogP contribution in [0.4, 0.5) is 0 Å². The molecule has 0 amide bonds. The van der Waals surface area contributed by atoms with Gasteiger partial charge in [0.1, 0.15) is 0 Å². The Bertz CT molecular complexity index is 411. The van der Waals surface area contributed by atoms with Gasteiger partial charge in [0.2, 0.25) is 0 Å². The summed E-state index contributed by atoms with van der Waals surface area (Å²) in [5.74, 6) is 0.784. The SMILES string of the molecule is CCCNC(Cc1nc(C)cs1)C1CCCCC1(C)C. The normalized spacial score (nSPS) is 23.7. The third kappa shape index (κ3) is 4.05. The fourth-order valence-electron chi connectivity index (χ4n) is 3.64. The average Bonchev–Trinajstić information content (AvgIpc) is 2.80. The van der Waals surface area contributed by atoms with Crippen LogP contribution in [-0.4, -0.2) is 17.6 Å². The molecule has 2 unspecified atom stereocenters. The first-order valence-electron chi connectivity index (χ1n) is 8.17. The molecular formula is C17H30N2S. The fourth-order valence-corrected chi connectivity index (χ4v) is 4.47. The van der Waals surface area contributed by atoms with Gasteiger partial charge in [-0.05, 0) is 44.1 Å². The van der Waals surface area contributed by atoms with Crippen LogP contribution >= 0.6 is 11.3 Å². The highest BCUT2D eigenvalue weighted by atomic mass is 32.1. The molecule has 1 aromatic rings. The van der Waals surface area contributed by atoms with Crippen molar-refractivity contribution in [3.63, 3.8) is 0 Å². The van der Waals surface area contributed by atoms with Crippen molar-refractivity contribution in [2.75, 3.05) is 6.54 Å². The van der Waals surface area contributed by atoms with E-state index in [9.17, 15) is 0 Å². The molecule has 0 aliphatic heterocycles. The van der Waals surface area contributed by atoms with E-state index >= 15 is 0 Å². The van der Waals surface area contributed by atoms with Gasteiger partial charge in [0.25, 0.3) is 0 Å². The van der Waals surface area contributed by atoms with Gasteiger partial charge in [-0.25, -0.2) is 4.98 Å². The minimum atomic E-state index is 0.468. The van der Waals surface area contributed by atoms with E-state index in [-0.39, 0.29) is 0 Å². The first-order valence-corrected chi connectivity index (χ1v) is 9.05. The van der Waals surface area contributed by atoms with Crippen LogP contribution in [0.1, 0.15) is 63.6 Å². The predicted octanol–water partition coefficient (Wildman–Crippen LogP) is 4.58. The van der Waals surface area contributed by atoms with Crippen LogP contribution in [0.5, 0.6) is 0 Å². The minimum absolute atomic E-state index is 0.468. The highest BCUT2D eigenvalue weighted by molar-refractivity contribution is 7.09. The number of thiazole rings is 1. The summed E-state index contributed by atoms with van der Waals surface area (Å²) in [6.45, 7) is 10.4. The lowest BCUT2D eigenvalue weighted by Gasteiger charge is -2.43. The van der Waals surface area contributed by atoms with Gasteiger partial charge >= 0.3 is 0 Å². The molecule has 0 radical (unpaired) electrons. The maximum Gasteiger partial charge on any atom is 0.0943 e. The summed E-state index contributed by atoms with van der Waals surface area (Å²) in [6.07, 6.45) is 7.86. The maximum atomic E-state index is 4.68. The summed E-state index contributed by atoms with van der Waals surface area (Å²) < 4.78 is 0. The quantitative estimate of drug-likeness (QED) is 0.830. The van der Waals surface area contributed by atoms with Crippen molar-refractivity contribution >= 4 is 11.3 Å². The number of nitrogens with one attached hydrogen (secondary N) is 1. The van der Waals surface area contributed by atoms with Crippen molar-refractivity contribution in [1.29, 1.82) is 0 Å². The van der Waals surface area contributed by atoms with Crippen LogP contribution in [0.2, 0.25) is 0 Å². The Morgan fingerprint density at radius 2 is 2.25 bits per heavy atom. The summed E-state index contributed by atoms with van der Waals surface area (Å²) in [6, 6.07) is 0.593. The first-order chi connectivity index (χ1) is 9.53. The Hall–Kier alpha value is -0.410. The predicted molar refractivity (Wildman–Crippen MR) is 88.4 cm³/mol. The smallest absolute Gasteiger partial charge is 0.0943 e. The van der Waals surface area contributed by atoms with E-state index in [2.05, 4.69) is 43.4 Å². The minimum Gasteiger partial charge on any atom is -0.313 e. The van der Waals surface area contributed by atoms with Gasteiger partial charge in [0.15, 0.2) is 0 Å². The van der Waals surface area contributed by atoms with Gasteiger partial charge in [0.05, 0.1) is 5.01 Å². The van der Waals surface area contributed by atoms with Crippen molar-refractivity contribution in [2.24, 2.45) is 11.3 Å². The molecule has 0 bridgehead atoms. The summed E-state index contributed by atoms with van der Waals surface area (Å²) in [4.78, 5) is 4.68. The molecule has 2 rings (SSSR count). The molecule has 1 saturated carbocycles. The molecule has 2 nitrogen and oxygen atoms in total. The molecule has 2 atom stereocenters. The molecule has 0 aromatic carbocycles. The van der Waals surface area contributed by atoms with E-state index in [1.165, 1.54) is 42.8 Å². The van der Waals surface area contributed by atoms with Crippen molar-refractivity contribution in [3.05, 3.63) is 16.1 Å². The lowest BCUT2D eigenvalue weighted by Crippen LogP contribution is -2.46. The maximum absolute atomic E-state index is 4.68. The molecule has 114 valence electrons. The van der Waals surface area contributed by atoms with Gasteiger partial charge in [-0.15, -0.1) is 11.3 Å². The topological polar surface area (TPSA) is 24.9 Å². The number of aromatic nitrogens is 1. The molecule has 0 saturated heterocycles. The molecule has 3 heteroatoms. The lowest BCUT2D eigenvalue weighted by atomic mass is 9.65. The van der Waals surface area contributed by atoms with Gasteiger partial charge in [-0.1, -0.05) is 33.6 Å². The van der Waals surface area contributed by atoms with Crippen LogP contribution in [0, 0.1) is 18.3 Å². The molecule has 1 fully saturated rings. The summed E-state index contributed by atoms with van der Waals surface area (Å²) >= 11 is 1.82. The van der Waals surface area contributed by atoms with Crippen molar-refractivity contribution in [1.82, 2.24) is 10.3 Å². The zero-order chi connectivity index (χ0) is 14.6. The zero-order valence-corrected chi connectivity index (χ0v) is 14.4. The number of hydrogen-bond donors (Lipinski definition) is 1. The second-order valence-electron chi connectivity index (χ2n) is 6.99. The van der Waals surface area contributed by atoms with E-state index in [4.69, 9.17) is 0 Å². The van der Waals surface area contributed by atoms with Crippen LogP contribution in [0.3, 0.4) is 0 Å². The monoisotopic (exact) mass is 294 g/mol. The van der Waals surface area contributed by atoms with E-state index in [0.717, 1.165) is 18.9 Å². The highest BCUT2D eigenvalue weighted by Gasteiger charge is 2.37. The van der Waals surface area contributed by atoms with Crippen LogP contribution < -0.4 is 5.32 Å². The molecule has 1 aliphatic carbocycles. The molecular weight excluding hydrogens is 264 g/mol.